The van der Waals surface area contributed by atoms with E-state index in [4.69, 9.17) is 9.47 Å². The van der Waals surface area contributed by atoms with Crippen LogP contribution >= 0.6 is 0 Å². The van der Waals surface area contributed by atoms with E-state index in [9.17, 15) is 9.00 Å². The van der Waals surface area contributed by atoms with Crippen molar-refractivity contribution in [1.29, 1.82) is 0 Å². The van der Waals surface area contributed by atoms with Crippen LogP contribution in [0.1, 0.15) is 56.4 Å². The highest BCUT2D eigenvalue weighted by Crippen LogP contribution is 2.54. The number of amides is 1. The van der Waals surface area contributed by atoms with Crippen molar-refractivity contribution in [1.82, 2.24) is 4.72 Å². The number of ether oxygens (including phenoxy) is 2. The van der Waals surface area contributed by atoms with E-state index < -0.39 is 38.7 Å². The van der Waals surface area contributed by atoms with Gasteiger partial charge in [0.25, 0.3) is 5.91 Å². The molecule has 1 aliphatic heterocycles. The van der Waals surface area contributed by atoms with Gasteiger partial charge in [-0.2, -0.15) is 0 Å². The number of nitrogens with zero attached hydrogens (tertiary/aromatic N) is 1. The number of carbonyl (C=O) groups is 2. The van der Waals surface area contributed by atoms with Gasteiger partial charge < -0.3 is 9.47 Å². The van der Waals surface area contributed by atoms with E-state index in [1.807, 2.05) is 118 Å². The molecule has 4 aromatic carbocycles. The van der Waals surface area contributed by atoms with Crippen molar-refractivity contribution in [3.8, 4) is 5.75 Å². The van der Waals surface area contributed by atoms with Gasteiger partial charge in [-0.15, -0.1) is 0 Å². The molecule has 7 nitrogen and oxygen atoms in total. The molecule has 228 valence electrons. The van der Waals surface area contributed by atoms with Crippen molar-refractivity contribution in [3.05, 3.63) is 131 Å². The number of esters is 1. The molecule has 8 heteroatoms. The second-order valence-electron chi connectivity index (χ2n) is 11.7. The van der Waals surface area contributed by atoms with Crippen LogP contribution in [-0.4, -0.2) is 34.5 Å². The quantitative estimate of drug-likeness (QED) is 0.170. The Hall–Kier alpha value is -4.27. The summed E-state index contributed by atoms with van der Waals surface area (Å²) in [7, 11) is -0.197. The van der Waals surface area contributed by atoms with Gasteiger partial charge in [0, 0.05) is 5.56 Å². The number of nitrogens with one attached hydrogen (secondary N) is 1. The Morgan fingerprint density at radius 1 is 0.841 bits per heavy atom. The molecule has 44 heavy (non-hydrogen) atoms. The molecule has 1 unspecified atom stereocenters. The minimum absolute atomic E-state index is 0.141. The van der Waals surface area contributed by atoms with Gasteiger partial charge in [-0.25, -0.2) is 8.93 Å². The van der Waals surface area contributed by atoms with E-state index in [1.165, 1.54) is 0 Å². The van der Waals surface area contributed by atoms with E-state index in [0.29, 0.717) is 17.0 Å². The highest BCUT2D eigenvalue weighted by atomic mass is 32.2. The Balaban J connectivity index is 1.91. The summed E-state index contributed by atoms with van der Waals surface area (Å²) in [5.74, 6) is -0.512. The Kier molecular flexibility index (Phi) is 8.77. The van der Waals surface area contributed by atoms with Crippen molar-refractivity contribution < 1.29 is 23.3 Å². The van der Waals surface area contributed by atoms with Crippen LogP contribution in [0.3, 0.4) is 0 Å². The minimum atomic E-state index is -1.74. The molecule has 4 aromatic rings. The van der Waals surface area contributed by atoms with Crippen LogP contribution < -0.4 is 14.4 Å². The SMILES string of the molecule is CCOC(=O)C[C@@]1(NS(=O)C(C)(C)C)C(=O)N(C(c2ccccc2)(c2ccccc2)c2ccccc2)c2ccc(OC)cc21. The third-order valence-electron chi connectivity index (χ3n) is 7.92. The molecule has 0 fully saturated rings. The van der Waals surface area contributed by atoms with Crippen LogP contribution in [-0.2, 0) is 36.4 Å². The first kappa shape index (κ1) is 31.2. The van der Waals surface area contributed by atoms with E-state index in [-0.39, 0.29) is 13.0 Å². The van der Waals surface area contributed by atoms with Crippen molar-refractivity contribution in [2.75, 3.05) is 18.6 Å². The Bertz CT molecular complexity index is 1560. The number of hydrogen-bond donors (Lipinski definition) is 1. The van der Waals surface area contributed by atoms with Crippen molar-refractivity contribution in [3.63, 3.8) is 0 Å². The summed E-state index contributed by atoms with van der Waals surface area (Å²) in [5.41, 5.74) is 0.683. The summed E-state index contributed by atoms with van der Waals surface area (Å²) in [5, 5.41) is 0. The molecule has 1 N–H and O–H groups in total. The summed E-state index contributed by atoms with van der Waals surface area (Å²) < 4.78 is 27.3. The zero-order valence-corrected chi connectivity index (χ0v) is 26.5. The normalized spacial score (nSPS) is 17.2. The summed E-state index contributed by atoms with van der Waals surface area (Å²) in [6.07, 6.45) is -0.368. The number of hydrogen-bond acceptors (Lipinski definition) is 5. The largest absolute Gasteiger partial charge is 0.497 e. The second kappa shape index (κ2) is 12.4. The molecule has 0 radical (unpaired) electrons. The van der Waals surface area contributed by atoms with Gasteiger partial charge in [0.2, 0.25) is 0 Å². The molecule has 1 amide bonds. The Morgan fingerprint density at radius 2 is 1.34 bits per heavy atom. The standard InChI is InChI=1S/C36H38N2O5S/c1-6-43-32(39)25-35(37-44(41)34(2,3)4)30-24-29(42-5)22-23-31(30)38(33(35)40)36(26-16-10-7-11-17-26,27-18-12-8-13-19-27)28-20-14-9-15-21-28/h7-24,37H,6,25H2,1-5H3/t35-,44?/m0/s1. The first-order chi connectivity index (χ1) is 21.1. The minimum Gasteiger partial charge on any atom is -0.497 e. The zero-order chi connectivity index (χ0) is 31.5. The van der Waals surface area contributed by atoms with Crippen LogP contribution in [0.2, 0.25) is 0 Å². The summed E-state index contributed by atoms with van der Waals surface area (Å²) in [6, 6.07) is 34.9. The first-order valence-corrected chi connectivity index (χ1v) is 15.8. The number of benzene rings is 4. The average Bonchev–Trinajstić information content (AvgIpc) is 3.25. The molecule has 0 spiro atoms. The third-order valence-corrected chi connectivity index (χ3v) is 9.57. The summed E-state index contributed by atoms with van der Waals surface area (Å²) >= 11 is 0. The van der Waals surface area contributed by atoms with Crippen molar-refractivity contribution in [2.45, 2.75) is 49.9 Å². The molecule has 0 saturated carbocycles. The van der Waals surface area contributed by atoms with Crippen LogP contribution in [0.4, 0.5) is 5.69 Å². The van der Waals surface area contributed by atoms with Crippen LogP contribution in [0.5, 0.6) is 5.75 Å². The van der Waals surface area contributed by atoms with Crippen molar-refractivity contribution in [2.24, 2.45) is 0 Å². The highest BCUT2D eigenvalue weighted by molar-refractivity contribution is 7.84. The van der Waals surface area contributed by atoms with Crippen LogP contribution in [0.25, 0.3) is 0 Å². The van der Waals surface area contributed by atoms with Gasteiger partial charge in [0.1, 0.15) is 16.8 Å². The average molecular weight is 611 g/mol. The molecule has 0 aliphatic carbocycles. The molecule has 0 aromatic heterocycles. The van der Waals surface area contributed by atoms with Crippen LogP contribution in [0.15, 0.2) is 109 Å². The molecule has 0 bridgehead atoms. The molecule has 2 atom stereocenters. The monoisotopic (exact) mass is 610 g/mol. The van der Waals surface area contributed by atoms with Gasteiger partial charge in [-0.3, -0.25) is 14.5 Å². The predicted octanol–water partition coefficient (Wildman–Crippen LogP) is 6.23. The molecule has 1 heterocycles. The fraction of sp³-hybridized carbons (Fsp3) is 0.278. The highest BCUT2D eigenvalue weighted by Gasteiger charge is 2.60. The lowest BCUT2D eigenvalue weighted by Gasteiger charge is -2.45. The Labute approximate surface area is 261 Å². The number of anilines is 1. The van der Waals surface area contributed by atoms with E-state index >= 15 is 4.79 Å². The lowest BCUT2D eigenvalue weighted by molar-refractivity contribution is -0.147. The number of fused-ring (bicyclic) bond motifs is 1. The second-order valence-corrected chi connectivity index (χ2v) is 13.7. The molecule has 0 saturated heterocycles. The van der Waals surface area contributed by atoms with E-state index in [1.54, 1.807) is 31.1 Å². The lowest BCUT2D eigenvalue weighted by atomic mass is 9.75. The number of methoxy groups -OCH3 is 1. The van der Waals surface area contributed by atoms with Gasteiger partial charge in [-0.1, -0.05) is 91.0 Å². The first-order valence-electron chi connectivity index (χ1n) is 14.6. The van der Waals surface area contributed by atoms with Crippen LogP contribution in [0, 0.1) is 0 Å². The topological polar surface area (TPSA) is 84.9 Å². The van der Waals surface area contributed by atoms with Crippen molar-refractivity contribution >= 4 is 28.5 Å². The smallest absolute Gasteiger partial charge is 0.308 e. The predicted molar refractivity (Wildman–Crippen MR) is 174 cm³/mol. The fourth-order valence-electron chi connectivity index (χ4n) is 5.90. The molecule has 1 aliphatic rings. The summed E-state index contributed by atoms with van der Waals surface area (Å²) in [4.78, 5) is 30.6. The van der Waals surface area contributed by atoms with Gasteiger partial charge in [0.05, 0.1) is 41.6 Å². The maximum Gasteiger partial charge on any atom is 0.308 e. The maximum atomic E-state index is 15.5. The maximum absolute atomic E-state index is 15.5. The molecular weight excluding hydrogens is 572 g/mol. The van der Waals surface area contributed by atoms with E-state index in [2.05, 4.69) is 4.72 Å². The zero-order valence-electron chi connectivity index (χ0n) is 25.7. The van der Waals surface area contributed by atoms with E-state index in [0.717, 1.165) is 16.7 Å². The molecule has 5 rings (SSSR count). The third kappa shape index (κ3) is 5.33. The fourth-order valence-corrected chi connectivity index (χ4v) is 6.79. The number of carbonyl (C=O) groups excluding carboxylic acids is 2. The molecular formula is C36H38N2O5S. The number of rotatable bonds is 10. The Morgan fingerprint density at radius 3 is 1.77 bits per heavy atom. The summed E-state index contributed by atoms with van der Waals surface area (Å²) in [6.45, 7) is 7.32. The lowest BCUT2D eigenvalue weighted by Crippen LogP contribution is -2.59. The van der Waals surface area contributed by atoms with Gasteiger partial charge in [-0.05, 0) is 62.6 Å². The van der Waals surface area contributed by atoms with Gasteiger partial charge >= 0.3 is 5.97 Å². The van der Waals surface area contributed by atoms with Gasteiger partial charge in [0.15, 0.2) is 0 Å².